The average Bonchev–Trinajstić information content (AvgIpc) is 3.91. The van der Waals surface area contributed by atoms with Crippen LogP contribution in [-0.4, -0.2) is 12.4 Å². The van der Waals surface area contributed by atoms with E-state index in [4.69, 9.17) is 0 Å². The minimum Gasteiger partial charge on any atom is -0.376 e. The van der Waals surface area contributed by atoms with Crippen molar-refractivity contribution >= 4 is 104 Å². The van der Waals surface area contributed by atoms with E-state index in [1.807, 2.05) is 22.7 Å². The Labute approximate surface area is 380 Å². The topological polar surface area (TPSA) is 6.48 Å². The molecule has 0 bridgehead atoms. The van der Waals surface area contributed by atoms with Crippen LogP contribution in [0.4, 0.5) is 22.7 Å². The van der Waals surface area contributed by atoms with Crippen LogP contribution >= 0.6 is 22.7 Å². The summed E-state index contributed by atoms with van der Waals surface area (Å²) in [4.78, 5) is 5.76. The highest BCUT2D eigenvalue weighted by atomic mass is 32.1. The number of hydrogen-bond donors (Lipinski definition) is 0. The average molecular weight is 853 g/mol. The van der Waals surface area contributed by atoms with Crippen LogP contribution in [0.5, 0.6) is 0 Å². The lowest BCUT2D eigenvalue weighted by Crippen LogP contribution is -2.64. The molecule has 1 aliphatic carbocycles. The van der Waals surface area contributed by atoms with Gasteiger partial charge in [0.05, 0.1) is 5.54 Å². The first-order valence-corrected chi connectivity index (χ1v) is 24.8. The molecule has 2 atom stereocenters. The van der Waals surface area contributed by atoms with Crippen molar-refractivity contribution < 1.29 is 0 Å². The molecule has 9 aromatic rings. The van der Waals surface area contributed by atoms with Crippen molar-refractivity contribution in [3.63, 3.8) is 0 Å². The zero-order chi connectivity index (χ0) is 42.9. The first kappa shape index (κ1) is 38.1. The molecule has 3 aliphatic heterocycles. The van der Waals surface area contributed by atoms with Gasteiger partial charge in [0.25, 0.3) is 0 Å². The van der Waals surface area contributed by atoms with Crippen molar-refractivity contribution in [1.82, 2.24) is 0 Å². The summed E-state index contributed by atoms with van der Waals surface area (Å²) in [5.74, 6) is 0. The van der Waals surface area contributed by atoms with Gasteiger partial charge in [-0.3, -0.25) is 0 Å². The minimum absolute atomic E-state index is 0.000701. The standard InChI is InChI=1S/C58H53BN2S2/c1-55(2,3)35-24-25-43(39(30-35)34-18-10-9-11-19-34)61-44-26-27-48-49(38-21-13-15-23-47(38)62-48)50(44)51-52-45(33-40-37-20-12-14-22-46(37)63-54(40)51)60-53-41(57(7)28-16-17-29-58(57,60)8)31-36(56(4,5)6)32-42(53)59(52)61/h9-15,18-27,30-33H,16-17,28-29H2,1-8H3. The van der Waals surface area contributed by atoms with Crippen molar-refractivity contribution in [3.05, 3.63) is 144 Å². The quantitative estimate of drug-likeness (QED) is 0.160. The lowest BCUT2D eigenvalue weighted by molar-refractivity contribution is 0.195. The summed E-state index contributed by atoms with van der Waals surface area (Å²) in [5.41, 5.74) is 18.0. The Bertz CT molecular complexity index is 3430. The van der Waals surface area contributed by atoms with Gasteiger partial charge >= 0.3 is 6.85 Å². The Kier molecular flexibility index (Phi) is 7.67. The number of hydrogen-bond acceptors (Lipinski definition) is 4. The molecule has 63 heavy (non-hydrogen) atoms. The zero-order valence-electron chi connectivity index (χ0n) is 37.7. The van der Waals surface area contributed by atoms with E-state index >= 15 is 0 Å². The van der Waals surface area contributed by atoms with Crippen LogP contribution in [0.3, 0.4) is 0 Å². The molecular formula is C58H53BN2S2. The van der Waals surface area contributed by atoms with E-state index in [-0.39, 0.29) is 28.6 Å². The number of fused-ring (bicyclic) bond motifs is 15. The van der Waals surface area contributed by atoms with E-state index in [9.17, 15) is 0 Å². The van der Waals surface area contributed by atoms with Gasteiger partial charge in [-0.2, -0.15) is 0 Å². The Morgan fingerprint density at radius 2 is 1.25 bits per heavy atom. The molecular weight excluding hydrogens is 800 g/mol. The highest BCUT2D eigenvalue weighted by molar-refractivity contribution is 7.27. The Morgan fingerprint density at radius 3 is 2.02 bits per heavy atom. The molecule has 0 N–H and O–H groups in total. The smallest absolute Gasteiger partial charge is 0.333 e. The van der Waals surface area contributed by atoms with Gasteiger partial charge in [-0.25, -0.2) is 0 Å². The highest BCUT2D eigenvalue weighted by Gasteiger charge is 2.62. The summed E-state index contributed by atoms with van der Waals surface area (Å²) in [6.45, 7) is 19.5. The van der Waals surface area contributed by atoms with Crippen molar-refractivity contribution in [2.45, 2.75) is 103 Å². The first-order chi connectivity index (χ1) is 30.3. The van der Waals surface area contributed by atoms with Gasteiger partial charge in [0.2, 0.25) is 0 Å². The second kappa shape index (κ2) is 12.7. The predicted molar refractivity (Wildman–Crippen MR) is 277 cm³/mol. The van der Waals surface area contributed by atoms with Crippen LogP contribution in [0.1, 0.15) is 97.8 Å². The lowest BCUT2D eigenvalue weighted by Gasteiger charge is -2.53. The van der Waals surface area contributed by atoms with Gasteiger partial charge in [0.15, 0.2) is 0 Å². The second-order valence-corrected chi connectivity index (χ2v) is 23.7. The second-order valence-electron chi connectivity index (χ2n) is 21.6. The third-order valence-electron chi connectivity index (χ3n) is 16.1. The van der Waals surface area contributed by atoms with Gasteiger partial charge < -0.3 is 9.71 Å². The van der Waals surface area contributed by atoms with Crippen LogP contribution in [0.15, 0.2) is 127 Å². The molecule has 13 rings (SSSR count). The molecule has 0 spiro atoms. The van der Waals surface area contributed by atoms with Crippen LogP contribution in [0.25, 0.3) is 62.6 Å². The maximum absolute atomic E-state index is 2.93. The van der Waals surface area contributed by atoms with Crippen LogP contribution in [0, 0.1) is 0 Å². The van der Waals surface area contributed by atoms with Crippen LogP contribution < -0.4 is 20.6 Å². The van der Waals surface area contributed by atoms with E-state index in [2.05, 4.69) is 192 Å². The number of rotatable bonds is 2. The van der Waals surface area contributed by atoms with Crippen molar-refractivity contribution in [1.29, 1.82) is 0 Å². The van der Waals surface area contributed by atoms with Crippen LogP contribution in [0.2, 0.25) is 0 Å². The number of benzene rings is 7. The Morgan fingerprint density at radius 1 is 0.571 bits per heavy atom. The van der Waals surface area contributed by atoms with Crippen molar-refractivity contribution in [3.8, 4) is 22.3 Å². The molecule has 7 aromatic carbocycles. The third kappa shape index (κ3) is 4.96. The fourth-order valence-corrected chi connectivity index (χ4v) is 15.0. The maximum atomic E-state index is 2.93. The fraction of sp³-hybridized carbons (Fsp3) is 0.276. The monoisotopic (exact) mass is 852 g/mol. The van der Waals surface area contributed by atoms with Crippen molar-refractivity contribution in [2.75, 3.05) is 9.71 Å². The molecule has 0 amide bonds. The summed E-state index contributed by atoms with van der Waals surface area (Å²) in [6, 6.07) is 49.9. The molecule has 5 heteroatoms. The SMILES string of the molecule is CC(C)(C)c1ccc(N2B3c4cc(C(C)(C)C)cc5c4N(c4cc6c(sc7ccccc76)c(c43)-c3c2ccc2sc4ccccc4c32)C2(C)CCCCC52C)c(-c2ccccc2)c1. The Balaban J connectivity index is 1.27. The molecule has 2 unspecified atom stereocenters. The summed E-state index contributed by atoms with van der Waals surface area (Å²) in [6.07, 6.45) is 4.90. The van der Waals surface area contributed by atoms with Gasteiger partial charge in [-0.05, 0) is 106 Å². The molecule has 2 aromatic heterocycles. The lowest BCUT2D eigenvalue weighted by atomic mass is 9.42. The molecule has 2 nitrogen and oxygen atoms in total. The highest BCUT2D eigenvalue weighted by Crippen LogP contribution is 2.64. The molecule has 0 saturated heterocycles. The number of thiophene rings is 2. The van der Waals surface area contributed by atoms with E-state index in [0.29, 0.717) is 0 Å². The van der Waals surface area contributed by atoms with Crippen LogP contribution in [-0.2, 0) is 16.2 Å². The normalized spacial score (nSPS) is 20.2. The van der Waals surface area contributed by atoms with E-state index in [1.54, 1.807) is 5.56 Å². The largest absolute Gasteiger partial charge is 0.376 e. The summed E-state index contributed by atoms with van der Waals surface area (Å²) in [5, 5.41) is 5.50. The van der Waals surface area contributed by atoms with E-state index < -0.39 is 0 Å². The molecule has 1 fully saturated rings. The molecule has 0 radical (unpaired) electrons. The number of nitrogens with zero attached hydrogens (tertiary/aromatic N) is 2. The maximum Gasteiger partial charge on any atom is 0.333 e. The summed E-state index contributed by atoms with van der Waals surface area (Å²) >= 11 is 3.94. The zero-order valence-corrected chi connectivity index (χ0v) is 39.4. The number of anilines is 4. The first-order valence-electron chi connectivity index (χ1n) is 23.2. The molecule has 1 saturated carbocycles. The van der Waals surface area contributed by atoms with Gasteiger partial charge in [-0.15, -0.1) is 22.7 Å². The van der Waals surface area contributed by atoms with E-state index in [1.165, 1.54) is 133 Å². The summed E-state index contributed by atoms with van der Waals surface area (Å²) < 4.78 is 5.48. The van der Waals surface area contributed by atoms with Gasteiger partial charge in [-0.1, -0.05) is 146 Å². The molecule has 4 aliphatic rings. The van der Waals surface area contributed by atoms with E-state index in [0.717, 1.165) is 0 Å². The predicted octanol–water partition coefficient (Wildman–Crippen LogP) is 15.7. The minimum atomic E-state index is -0.0766. The van der Waals surface area contributed by atoms with Crippen molar-refractivity contribution in [2.24, 2.45) is 0 Å². The molecule has 5 heterocycles. The third-order valence-corrected chi connectivity index (χ3v) is 18.4. The van der Waals surface area contributed by atoms with Gasteiger partial charge in [0, 0.05) is 85.2 Å². The fourth-order valence-electron chi connectivity index (χ4n) is 12.6. The summed E-state index contributed by atoms with van der Waals surface area (Å²) in [7, 11) is 0. The molecule has 310 valence electrons. The van der Waals surface area contributed by atoms with Gasteiger partial charge in [0.1, 0.15) is 0 Å². The Hall–Kier alpha value is -5.36.